The van der Waals surface area contributed by atoms with E-state index >= 15 is 0 Å². The summed E-state index contributed by atoms with van der Waals surface area (Å²) in [6.45, 7) is 1.86. The second-order valence-corrected chi connectivity index (χ2v) is 5.04. The molecule has 0 aliphatic rings. The number of hydrogen-bond acceptors (Lipinski definition) is 4. The van der Waals surface area contributed by atoms with Gasteiger partial charge in [-0.15, -0.1) is 0 Å². The quantitative estimate of drug-likeness (QED) is 0.741. The molecule has 5 N–H and O–H groups in total. The van der Waals surface area contributed by atoms with Crippen molar-refractivity contribution in [1.82, 2.24) is 4.98 Å². The molecule has 1 amide bonds. The van der Waals surface area contributed by atoms with Crippen LogP contribution in [-0.2, 0) is 0 Å². The summed E-state index contributed by atoms with van der Waals surface area (Å²) in [6, 6.07) is 6.65. The number of carbonyl (C=O) groups is 1. The molecule has 0 atom stereocenters. The van der Waals surface area contributed by atoms with Gasteiger partial charge in [-0.2, -0.15) is 0 Å². The molecule has 0 saturated carbocycles. The van der Waals surface area contributed by atoms with E-state index in [2.05, 4.69) is 26.2 Å². The molecule has 0 aliphatic heterocycles. The van der Waals surface area contributed by atoms with Crippen molar-refractivity contribution in [3.05, 3.63) is 46.1 Å². The summed E-state index contributed by atoms with van der Waals surface area (Å²) in [5, 5.41) is 2.72. The third kappa shape index (κ3) is 3.03. The molecule has 2 aromatic rings. The molecule has 0 fully saturated rings. The predicted molar refractivity (Wildman–Crippen MR) is 79.9 cm³/mol. The van der Waals surface area contributed by atoms with Gasteiger partial charge in [-0.1, -0.05) is 0 Å². The average Bonchev–Trinajstić information content (AvgIpc) is 2.32. The Morgan fingerprint density at radius 1 is 1.32 bits per heavy atom. The second-order valence-electron chi connectivity index (χ2n) is 4.12. The fraction of sp³-hybridized carbons (Fsp3) is 0.0769. The lowest BCUT2D eigenvalue weighted by Crippen LogP contribution is -2.15. The van der Waals surface area contributed by atoms with Gasteiger partial charge in [0.05, 0.1) is 5.56 Å². The first-order valence-corrected chi connectivity index (χ1v) is 6.35. The Kier molecular flexibility index (Phi) is 3.71. The fourth-order valence-electron chi connectivity index (χ4n) is 1.63. The summed E-state index contributed by atoms with van der Waals surface area (Å²) >= 11 is 3.32. The van der Waals surface area contributed by atoms with Crippen LogP contribution in [0.15, 0.2) is 34.9 Å². The summed E-state index contributed by atoms with van der Waals surface area (Å²) < 4.78 is 0.856. The number of benzene rings is 1. The van der Waals surface area contributed by atoms with Crippen LogP contribution in [0.2, 0.25) is 0 Å². The van der Waals surface area contributed by atoms with Gasteiger partial charge in [0.2, 0.25) is 0 Å². The minimum atomic E-state index is -0.310. The van der Waals surface area contributed by atoms with Crippen molar-refractivity contribution >= 4 is 39.0 Å². The number of amides is 1. The summed E-state index contributed by atoms with van der Waals surface area (Å²) in [4.78, 5) is 16.2. The number of carbonyl (C=O) groups excluding carboxylic acids is 1. The molecule has 6 heteroatoms. The Bertz CT molecular complexity index is 643. The molecule has 0 bridgehead atoms. The third-order valence-electron chi connectivity index (χ3n) is 2.60. The van der Waals surface area contributed by atoms with Crippen LogP contribution in [0.25, 0.3) is 0 Å². The highest BCUT2D eigenvalue weighted by Gasteiger charge is 2.12. The number of aryl methyl sites for hydroxylation is 1. The van der Waals surface area contributed by atoms with E-state index in [0.29, 0.717) is 22.8 Å². The number of pyridine rings is 1. The van der Waals surface area contributed by atoms with E-state index in [9.17, 15) is 4.79 Å². The van der Waals surface area contributed by atoms with Gasteiger partial charge < -0.3 is 16.8 Å². The maximum Gasteiger partial charge on any atom is 0.258 e. The zero-order valence-corrected chi connectivity index (χ0v) is 11.9. The molecule has 0 aliphatic carbocycles. The second kappa shape index (κ2) is 5.27. The molecule has 0 unspecified atom stereocenters. The zero-order chi connectivity index (χ0) is 14.0. The molecule has 19 heavy (non-hydrogen) atoms. The van der Waals surface area contributed by atoms with Gasteiger partial charge in [0.1, 0.15) is 5.82 Å². The van der Waals surface area contributed by atoms with Crippen LogP contribution in [0.4, 0.5) is 17.2 Å². The zero-order valence-electron chi connectivity index (χ0n) is 10.3. The highest BCUT2D eigenvalue weighted by Crippen LogP contribution is 2.20. The largest absolute Gasteiger partial charge is 0.399 e. The van der Waals surface area contributed by atoms with Gasteiger partial charge in [0, 0.05) is 22.0 Å². The molecule has 1 aromatic carbocycles. The summed E-state index contributed by atoms with van der Waals surface area (Å²) in [5.74, 6) is 0.194. The number of nitrogens with one attached hydrogen (secondary N) is 1. The minimum Gasteiger partial charge on any atom is -0.399 e. The van der Waals surface area contributed by atoms with E-state index in [1.54, 1.807) is 24.4 Å². The van der Waals surface area contributed by atoms with E-state index in [1.165, 1.54) is 0 Å². The predicted octanol–water partition coefficient (Wildman–Crippen LogP) is 2.57. The number of nitrogens with two attached hydrogens (primary N) is 2. The molecule has 98 valence electrons. The molecular formula is C13H13BrN4O. The summed E-state index contributed by atoms with van der Waals surface area (Å²) in [7, 11) is 0. The highest BCUT2D eigenvalue weighted by molar-refractivity contribution is 9.10. The maximum absolute atomic E-state index is 12.1. The Hall–Kier alpha value is -2.08. The van der Waals surface area contributed by atoms with Crippen molar-refractivity contribution in [2.45, 2.75) is 6.92 Å². The Labute approximate surface area is 119 Å². The molecule has 1 heterocycles. The highest BCUT2D eigenvalue weighted by atomic mass is 79.9. The third-order valence-corrected chi connectivity index (χ3v) is 3.03. The Morgan fingerprint density at radius 2 is 2.05 bits per heavy atom. The van der Waals surface area contributed by atoms with Crippen LogP contribution < -0.4 is 16.8 Å². The number of rotatable bonds is 2. The lowest BCUT2D eigenvalue weighted by atomic mass is 10.1. The van der Waals surface area contributed by atoms with E-state index in [-0.39, 0.29) is 5.91 Å². The van der Waals surface area contributed by atoms with Crippen LogP contribution >= 0.6 is 15.9 Å². The normalized spacial score (nSPS) is 10.2. The molecule has 5 nitrogen and oxygen atoms in total. The smallest absolute Gasteiger partial charge is 0.258 e. The Balaban J connectivity index is 2.25. The number of nitrogen functional groups attached to an aromatic ring is 2. The lowest BCUT2D eigenvalue weighted by molar-refractivity contribution is 0.102. The van der Waals surface area contributed by atoms with Crippen LogP contribution in [0.5, 0.6) is 0 Å². The van der Waals surface area contributed by atoms with Gasteiger partial charge in [-0.25, -0.2) is 4.98 Å². The number of aromatic nitrogens is 1. The van der Waals surface area contributed by atoms with Gasteiger partial charge in [0.25, 0.3) is 5.91 Å². The molecule has 0 saturated heterocycles. The molecule has 1 aromatic heterocycles. The molecule has 0 radical (unpaired) electrons. The van der Waals surface area contributed by atoms with Crippen LogP contribution in [0.1, 0.15) is 15.9 Å². The van der Waals surface area contributed by atoms with Gasteiger partial charge in [0.15, 0.2) is 0 Å². The van der Waals surface area contributed by atoms with Crippen LogP contribution in [0, 0.1) is 6.92 Å². The SMILES string of the molecule is Cc1cc(Br)cnc1NC(=O)c1ccc(N)cc1N. The van der Waals surface area contributed by atoms with Crippen molar-refractivity contribution in [2.75, 3.05) is 16.8 Å². The first kappa shape index (κ1) is 13.4. The molecule has 2 rings (SSSR count). The van der Waals surface area contributed by atoms with E-state index in [1.807, 2.05) is 13.0 Å². The number of anilines is 3. The van der Waals surface area contributed by atoms with Crippen LogP contribution in [0.3, 0.4) is 0 Å². The fourth-order valence-corrected chi connectivity index (χ4v) is 2.08. The van der Waals surface area contributed by atoms with Crippen molar-refractivity contribution in [3.63, 3.8) is 0 Å². The molecule has 0 spiro atoms. The monoisotopic (exact) mass is 320 g/mol. The van der Waals surface area contributed by atoms with E-state index in [0.717, 1.165) is 10.0 Å². The maximum atomic E-state index is 12.1. The van der Waals surface area contributed by atoms with Crippen molar-refractivity contribution < 1.29 is 4.79 Å². The van der Waals surface area contributed by atoms with Gasteiger partial charge in [-0.05, 0) is 52.7 Å². The van der Waals surface area contributed by atoms with Crippen LogP contribution in [-0.4, -0.2) is 10.9 Å². The number of hydrogen-bond donors (Lipinski definition) is 3. The van der Waals surface area contributed by atoms with Gasteiger partial charge in [-0.3, -0.25) is 4.79 Å². The topological polar surface area (TPSA) is 94.0 Å². The van der Waals surface area contributed by atoms with Gasteiger partial charge >= 0.3 is 0 Å². The summed E-state index contributed by atoms with van der Waals surface area (Å²) in [6.07, 6.45) is 1.62. The standard InChI is InChI=1S/C13H13BrN4O/c1-7-4-8(14)6-17-12(7)18-13(19)10-3-2-9(15)5-11(10)16/h2-6H,15-16H2,1H3,(H,17,18,19). The Morgan fingerprint density at radius 3 is 2.68 bits per heavy atom. The van der Waals surface area contributed by atoms with Crippen molar-refractivity contribution in [1.29, 1.82) is 0 Å². The molecular weight excluding hydrogens is 308 g/mol. The van der Waals surface area contributed by atoms with Crippen molar-refractivity contribution in [3.8, 4) is 0 Å². The lowest BCUT2D eigenvalue weighted by Gasteiger charge is -2.09. The number of halogens is 1. The average molecular weight is 321 g/mol. The summed E-state index contributed by atoms with van der Waals surface area (Å²) in [5.41, 5.74) is 13.5. The van der Waals surface area contributed by atoms with E-state index < -0.39 is 0 Å². The van der Waals surface area contributed by atoms with Crippen molar-refractivity contribution in [2.24, 2.45) is 0 Å². The minimum absolute atomic E-state index is 0.310. The first-order valence-electron chi connectivity index (χ1n) is 5.56. The number of nitrogens with zero attached hydrogens (tertiary/aromatic N) is 1. The van der Waals surface area contributed by atoms with E-state index in [4.69, 9.17) is 11.5 Å². The first-order chi connectivity index (χ1) is 8.97.